The lowest BCUT2D eigenvalue weighted by Gasteiger charge is -2.13. The first-order valence-electron chi connectivity index (χ1n) is 2.97. The monoisotopic (exact) mass is 168 g/mol. The number of hydrogen-bond acceptors (Lipinski definition) is 2. The second-order valence-corrected chi connectivity index (χ2v) is 4.91. The van der Waals surface area contributed by atoms with Crippen LogP contribution in [-0.4, -0.2) is 18.2 Å². The van der Waals surface area contributed by atoms with E-state index in [1.807, 2.05) is 20.1 Å². The maximum Gasteiger partial charge on any atom is 0.102 e. The highest BCUT2D eigenvalue weighted by Crippen LogP contribution is 2.28. The van der Waals surface area contributed by atoms with Crippen molar-refractivity contribution in [2.24, 2.45) is 5.92 Å². The molecule has 0 aromatic heterocycles. The molecule has 0 fully saturated rings. The molecule has 0 saturated carbocycles. The Kier molecular flexibility index (Phi) is 5.80. The topological polar surface area (TPSA) is 0 Å². The fraction of sp³-hybridized carbons (Fsp3) is 1.00. The van der Waals surface area contributed by atoms with Crippen molar-refractivity contribution in [3.05, 3.63) is 0 Å². The van der Waals surface area contributed by atoms with Crippen LogP contribution in [0.5, 0.6) is 0 Å². The first-order valence-corrected chi connectivity index (χ1v) is 5.60. The first-order chi connectivity index (χ1) is 4.22. The van der Waals surface area contributed by atoms with Gasteiger partial charge in [0, 0.05) is 5.25 Å². The third kappa shape index (κ3) is 4.09. The van der Waals surface area contributed by atoms with E-state index >= 15 is 0 Å². The molecular weight excluding hydrogens is 155 g/mol. The zero-order valence-electron chi connectivity index (χ0n) is 6.06. The van der Waals surface area contributed by atoms with Gasteiger partial charge in [0.25, 0.3) is 0 Å². The number of halogens is 1. The maximum atomic E-state index is 12.1. The minimum atomic E-state index is -0.205. The predicted octanol–water partition coefficient (Wildman–Crippen LogP) is 2.99. The smallest absolute Gasteiger partial charge is 0.102 e. The van der Waals surface area contributed by atoms with Gasteiger partial charge in [0.2, 0.25) is 0 Å². The molecule has 0 spiro atoms. The van der Waals surface area contributed by atoms with Crippen LogP contribution in [0.4, 0.5) is 4.39 Å². The van der Waals surface area contributed by atoms with Gasteiger partial charge in [0.15, 0.2) is 0 Å². The molecule has 0 unspecified atom stereocenters. The Hall–Kier alpha value is 0.630. The van der Waals surface area contributed by atoms with Crippen LogP contribution in [0.2, 0.25) is 0 Å². The largest absolute Gasteiger partial charge is 0.250 e. The normalized spacial score (nSPS) is 14.3. The van der Waals surface area contributed by atoms with Gasteiger partial charge in [-0.2, -0.15) is 0 Å². The summed E-state index contributed by atoms with van der Waals surface area (Å²) >= 11 is 0. The zero-order chi connectivity index (χ0) is 7.28. The van der Waals surface area contributed by atoms with Crippen LogP contribution in [-0.2, 0) is 0 Å². The molecule has 56 valence electrons. The third-order valence-corrected chi connectivity index (χ3v) is 3.54. The summed E-state index contributed by atoms with van der Waals surface area (Å²) in [5.74, 6) is 0.451. The van der Waals surface area contributed by atoms with E-state index < -0.39 is 0 Å². The van der Waals surface area contributed by atoms with Crippen molar-refractivity contribution in [2.75, 3.05) is 12.9 Å². The molecule has 0 aromatic carbocycles. The molecule has 0 nitrogen and oxygen atoms in total. The molecular formula is C6H13FS2. The van der Waals surface area contributed by atoms with Crippen LogP contribution in [0.25, 0.3) is 0 Å². The van der Waals surface area contributed by atoms with E-state index in [4.69, 9.17) is 0 Å². The summed E-state index contributed by atoms with van der Waals surface area (Å²) in [7, 11) is 3.27. The van der Waals surface area contributed by atoms with E-state index in [0.29, 0.717) is 5.92 Å². The summed E-state index contributed by atoms with van der Waals surface area (Å²) in [6.07, 6.45) is 1.98. The van der Waals surface area contributed by atoms with Gasteiger partial charge < -0.3 is 0 Å². The van der Waals surface area contributed by atoms with Crippen molar-refractivity contribution in [1.29, 1.82) is 0 Å². The predicted molar refractivity (Wildman–Crippen MR) is 45.7 cm³/mol. The van der Waals surface area contributed by atoms with Gasteiger partial charge in [-0.05, 0) is 12.2 Å². The van der Waals surface area contributed by atoms with E-state index in [9.17, 15) is 4.39 Å². The average molecular weight is 168 g/mol. The van der Waals surface area contributed by atoms with Crippen LogP contribution in [0.1, 0.15) is 13.8 Å². The molecule has 0 radical (unpaired) electrons. The van der Waals surface area contributed by atoms with Gasteiger partial charge in [0.1, 0.15) is 6.67 Å². The van der Waals surface area contributed by atoms with Crippen molar-refractivity contribution in [3.63, 3.8) is 0 Å². The molecule has 3 heteroatoms. The zero-order valence-corrected chi connectivity index (χ0v) is 7.69. The summed E-state index contributed by atoms with van der Waals surface area (Å²) in [6, 6.07) is 0. The Morgan fingerprint density at radius 1 is 1.44 bits per heavy atom. The molecule has 0 amide bonds. The average Bonchev–Trinajstić information content (AvgIpc) is 1.82. The second kappa shape index (κ2) is 5.42. The van der Waals surface area contributed by atoms with Crippen molar-refractivity contribution in [1.82, 2.24) is 0 Å². The summed E-state index contributed by atoms with van der Waals surface area (Å²) in [5, 5.41) is 0.181. The molecule has 0 aromatic rings. The van der Waals surface area contributed by atoms with Gasteiger partial charge in [-0.3, -0.25) is 0 Å². The molecule has 0 aliphatic rings. The lowest BCUT2D eigenvalue weighted by Crippen LogP contribution is -2.11. The van der Waals surface area contributed by atoms with Crippen molar-refractivity contribution in [3.8, 4) is 0 Å². The van der Waals surface area contributed by atoms with Crippen molar-refractivity contribution < 1.29 is 4.39 Å². The number of alkyl halides is 1. The third-order valence-electron chi connectivity index (χ3n) is 1.12. The molecule has 0 heterocycles. The molecule has 0 bridgehead atoms. The van der Waals surface area contributed by atoms with Gasteiger partial charge in [0.05, 0.1) is 0 Å². The molecule has 1 atom stereocenters. The Morgan fingerprint density at radius 3 is 2.11 bits per heavy atom. The minimum Gasteiger partial charge on any atom is -0.250 e. The van der Waals surface area contributed by atoms with Gasteiger partial charge in [-0.25, -0.2) is 4.39 Å². The highest BCUT2D eigenvalue weighted by atomic mass is 33.1. The molecule has 0 aliphatic carbocycles. The van der Waals surface area contributed by atoms with Crippen LogP contribution in [0.3, 0.4) is 0 Å². The fourth-order valence-electron chi connectivity index (χ4n) is 0.439. The second-order valence-electron chi connectivity index (χ2n) is 2.20. The lowest BCUT2D eigenvalue weighted by atomic mass is 10.1. The van der Waals surface area contributed by atoms with E-state index in [-0.39, 0.29) is 11.9 Å². The molecule has 0 rings (SSSR count). The highest BCUT2D eigenvalue weighted by Gasteiger charge is 2.12. The van der Waals surface area contributed by atoms with Crippen molar-refractivity contribution in [2.45, 2.75) is 19.1 Å². The SMILES string of the molecule is CSS[C@H](CF)C(C)C. The molecule has 0 saturated heterocycles. The fourth-order valence-corrected chi connectivity index (χ4v) is 2.52. The quantitative estimate of drug-likeness (QED) is 0.592. The van der Waals surface area contributed by atoms with Crippen LogP contribution < -0.4 is 0 Å². The Bertz CT molecular complexity index is 66.1. The number of rotatable bonds is 4. The first kappa shape index (κ1) is 9.63. The Labute approximate surface area is 64.4 Å². The number of hydrogen-bond donors (Lipinski definition) is 0. The maximum absolute atomic E-state index is 12.1. The summed E-state index contributed by atoms with van der Waals surface area (Å²) in [6.45, 7) is 3.89. The standard InChI is InChI=1S/C6H13FS2/c1-5(2)6(4-7)9-8-3/h5-6H,4H2,1-3H3/t6-/m1/s1. The minimum absolute atomic E-state index is 0.181. The highest BCUT2D eigenvalue weighted by molar-refractivity contribution is 8.76. The summed E-state index contributed by atoms with van der Waals surface area (Å²) in [4.78, 5) is 0. The van der Waals surface area contributed by atoms with E-state index in [2.05, 4.69) is 0 Å². The summed E-state index contributed by atoms with van der Waals surface area (Å²) < 4.78 is 12.1. The van der Waals surface area contributed by atoms with Gasteiger partial charge in [-0.1, -0.05) is 35.4 Å². The Balaban J connectivity index is 3.41. The van der Waals surface area contributed by atoms with Crippen LogP contribution in [0.15, 0.2) is 0 Å². The van der Waals surface area contributed by atoms with Crippen LogP contribution in [0, 0.1) is 5.92 Å². The van der Waals surface area contributed by atoms with Gasteiger partial charge >= 0.3 is 0 Å². The lowest BCUT2D eigenvalue weighted by molar-refractivity contribution is 0.433. The van der Waals surface area contributed by atoms with E-state index in [1.54, 1.807) is 21.6 Å². The molecule has 9 heavy (non-hydrogen) atoms. The van der Waals surface area contributed by atoms with Crippen molar-refractivity contribution >= 4 is 21.6 Å². The summed E-state index contributed by atoms with van der Waals surface area (Å²) in [5.41, 5.74) is 0. The van der Waals surface area contributed by atoms with E-state index in [0.717, 1.165) is 0 Å². The van der Waals surface area contributed by atoms with Gasteiger partial charge in [-0.15, -0.1) is 0 Å². The van der Waals surface area contributed by atoms with E-state index in [1.165, 1.54) is 0 Å². The molecule has 0 aliphatic heterocycles. The molecule has 0 N–H and O–H groups in total. The van der Waals surface area contributed by atoms with Crippen LogP contribution >= 0.6 is 21.6 Å². The Morgan fingerprint density at radius 2 is 2.00 bits per heavy atom.